The lowest BCUT2D eigenvalue weighted by atomic mass is 10.2. The molecular formula is C20H23N5O. The molecule has 26 heavy (non-hydrogen) atoms. The van der Waals surface area contributed by atoms with Crippen molar-refractivity contribution in [2.75, 3.05) is 6.54 Å². The van der Waals surface area contributed by atoms with Crippen molar-refractivity contribution in [3.63, 3.8) is 0 Å². The van der Waals surface area contributed by atoms with Gasteiger partial charge >= 0.3 is 0 Å². The number of amides is 1. The summed E-state index contributed by atoms with van der Waals surface area (Å²) < 4.78 is 3.72. The maximum Gasteiger partial charge on any atom is 0.257 e. The molecule has 0 radical (unpaired) electrons. The van der Waals surface area contributed by atoms with Crippen LogP contribution in [0, 0.1) is 13.8 Å². The average molecular weight is 349 g/mol. The molecule has 0 spiro atoms. The molecule has 1 aliphatic rings. The first-order valence-electron chi connectivity index (χ1n) is 9.03. The van der Waals surface area contributed by atoms with Gasteiger partial charge in [0, 0.05) is 18.9 Å². The van der Waals surface area contributed by atoms with Crippen LogP contribution in [-0.2, 0) is 6.54 Å². The van der Waals surface area contributed by atoms with E-state index in [4.69, 9.17) is 0 Å². The van der Waals surface area contributed by atoms with E-state index in [1.54, 1.807) is 4.68 Å². The highest BCUT2D eigenvalue weighted by atomic mass is 16.2. The minimum Gasteiger partial charge on any atom is -0.334 e. The Balaban J connectivity index is 1.56. The highest BCUT2D eigenvalue weighted by Gasteiger charge is 2.31. The molecule has 1 aromatic carbocycles. The lowest BCUT2D eigenvalue weighted by Crippen LogP contribution is -2.38. The average Bonchev–Trinajstić information content (AvgIpc) is 3.36. The van der Waals surface area contributed by atoms with Crippen molar-refractivity contribution in [3.8, 4) is 5.69 Å². The van der Waals surface area contributed by atoms with Gasteiger partial charge in [-0.1, -0.05) is 18.2 Å². The van der Waals surface area contributed by atoms with Gasteiger partial charge < -0.3 is 4.90 Å². The zero-order valence-corrected chi connectivity index (χ0v) is 15.2. The van der Waals surface area contributed by atoms with Crippen LogP contribution in [-0.4, -0.2) is 43.0 Å². The maximum absolute atomic E-state index is 13.2. The predicted molar refractivity (Wildman–Crippen MR) is 99.3 cm³/mol. The smallest absolute Gasteiger partial charge is 0.257 e. The van der Waals surface area contributed by atoms with E-state index >= 15 is 0 Å². The van der Waals surface area contributed by atoms with E-state index in [0.717, 1.165) is 42.9 Å². The first kappa shape index (κ1) is 16.6. The topological polar surface area (TPSA) is 56.0 Å². The molecule has 3 heterocycles. The van der Waals surface area contributed by atoms with Gasteiger partial charge in [0.05, 0.1) is 35.7 Å². The number of nitrogens with zero attached hydrogens (tertiary/aromatic N) is 5. The Hall–Kier alpha value is -2.89. The molecule has 0 saturated carbocycles. The van der Waals surface area contributed by atoms with Crippen molar-refractivity contribution in [2.45, 2.75) is 39.3 Å². The molecular weight excluding hydrogens is 326 g/mol. The summed E-state index contributed by atoms with van der Waals surface area (Å²) in [6.45, 7) is 5.46. The van der Waals surface area contributed by atoms with Crippen molar-refractivity contribution >= 4 is 5.91 Å². The molecule has 0 bridgehead atoms. The molecule has 6 nitrogen and oxygen atoms in total. The van der Waals surface area contributed by atoms with Crippen LogP contribution in [0.3, 0.4) is 0 Å². The van der Waals surface area contributed by atoms with Crippen LogP contribution in [0.15, 0.2) is 48.9 Å². The molecule has 134 valence electrons. The molecule has 2 aromatic heterocycles. The zero-order valence-electron chi connectivity index (χ0n) is 15.2. The van der Waals surface area contributed by atoms with Crippen LogP contribution >= 0.6 is 0 Å². The molecule has 1 saturated heterocycles. The Kier molecular flexibility index (Phi) is 4.32. The largest absolute Gasteiger partial charge is 0.334 e. The van der Waals surface area contributed by atoms with Crippen LogP contribution in [0.25, 0.3) is 5.69 Å². The molecule has 1 fully saturated rings. The number of carbonyl (C=O) groups is 1. The number of aromatic nitrogens is 4. The Morgan fingerprint density at radius 2 is 2.00 bits per heavy atom. The van der Waals surface area contributed by atoms with E-state index in [9.17, 15) is 4.79 Å². The number of hydrogen-bond donors (Lipinski definition) is 0. The minimum atomic E-state index is 0.0658. The molecule has 1 amide bonds. The second-order valence-corrected chi connectivity index (χ2v) is 6.94. The fourth-order valence-electron chi connectivity index (χ4n) is 3.61. The second kappa shape index (κ2) is 6.78. The number of para-hydroxylation sites is 1. The second-order valence-electron chi connectivity index (χ2n) is 6.94. The van der Waals surface area contributed by atoms with Gasteiger partial charge in [-0.3, -0.25) is 9.48 Å². The summed E-state index contributed by atoms with van der Waals surface area (Å²) in [5.74, 6) is 0.0658. The van der Waals surface area contributed by atoms with Crippen molar-refractivity contribution in [2.24, 2.45) is 0 Å². The van der Waals surface area contributed by atoms with Gasteiger partial charge in [0.15, 0.2) is 0 Å². The standard InChI is InChI=1S/C20H23N5O/c1-15-11-21-23(12-15)13-18-9-6-10-24(18)20(26)19-14-25(22-16(19)2)17-7-4-3-5-8-17/h3-5,7-8,11-12,14,18H,6,9-10,13H2,1-2H3/t18-/m1/s1. The first-order valence-corrected chi connectivity index (χ1v) is 9.03. The van der Waals surface area contributed by atoms with E-state index in [2.05, 4.69) is 10.2 Å². The summed E-state index contributed by atoms with van der Waals surface area (Å²) in [6.07, 6.45) is 7.77. The molecule has 0 N–H and O–H groups in total. The van der Waals surface area contributed by atoms with Gasteiger partial charge in [-0.25, -0.2) is 4.68 Å². The summed E-state index contributed by atoms with van der Waals surface area (Å²) >= 11 is 0. The number of aryl methyl sites for hydroxylation is 2. The van der Waals surface area contributed by atoms with Crippen LogP contribution in [0.5, 0.6) is 0 Å². The van der Waals surface area contributed by atoms with Gasteiger partial charge in [0.1, 0.15) is 0 Å². The van der Waals surface area contributed by atoms with Crippen molar-refractivity contribution in [3.05, 3.63) is 65.7 Å². The van der Waals surface area contributed by atoms with Crippen LogP contribution in [0.2, 0.25) is 0 Å². The van der Waals surface area contributed by atoms with Crippen molar-refractivity contribution in [1.29, 1.82) is 0 Å². The van der Waals surface area contributed by atoms with Crippen LogP contribution in [0.1, 0.15) is 34.5 Å². The fraction of sp³-hybridized carbons (Fsp3) is 0.350. The minimum absolute atomic E-state index is 0.0658. The third kappa shape index (κ3) is 3.14. The Morgan fingerprint density at radius 3 is 2.73 bits per heavy atom. The lowest BCUT2D eigenvalue weighted by Gasteiger charge is -2.24. The van der Waals surface area contributed by atoms with E-state index in [1.165, 1.54) is 0 Å². The summed E-state index contributed by atoms with van der Waals surface area (Å²) in [7, 11) is 0. The van der Waals surface area contributed by atoms with Crippen LogP contribution < -0.4 is 0 Å². The molecule has 0 unspecified atom stereocenters. The van der Waals surface area contributed by atoms with Crippen LogP contribution in [0.4, 0.5) is 0 Å². The van der Waals surface area contributed by atoms with E-state index in [1.807, 2.05) is 72.4 Å². The number of hydrogen-bond acceptors (Lipinski definition) is 3. The number of benzene rings is 1. The number of rotatable bonds is 4. The summed E-state index contributed by atoms with van der Waals surface area (Å²) in [5, 5.41) is 8.91. The van der Waals surface area contributed by atoms with E-state index in [0.29, 0.717) is 5.56 Å². The molecule has 1 atom stereocenters. The lowest BCUT2D eigenvalue weighted by molar-refractivity contribution is 0.0721. The third-order valence-electron chi connectivity index (χ3n) is 4.95. The van der Waals surface area contributed by atoms with Crippen molar-refractivity contribution in [1.82, 2.24) is 24.5 Å². The quantitative estimate of drug-likeness (QED) is 0.728. The molecule has 0 aliphatic carbocycles. The molecule has 4 rings (SSSR count). The fourth-order valence-corrected chi connectivity index (χ4v) is 3.61. The summed E-state index contributed by atoms with van der Waals surface area (Å²) in [5.41, 5.74) is 3.54. The Morgan fingerprint density at radius 1 is 1.19 bits per heavy atom. The highest BCUT2D eigenvalue weighted by molar-refractivity contribution is 5.95. The predicted octanol–water partition coefficient (Wildman–Crippen LogP) is 2.99. The zero-order chi connectivity index (χ0) is 18.1. The Labute approximate surface area is 153 Å². The molecule has 6 heteroatoms. The van der Waals surface area contributed by atoms with Gasteiger partial charge in [0.25, 0.3) is 5.91 Å². The highest BCUT2D eigenvalue weighted by Crippen LogP contribution is 2.23. The SMILES string of the molecule is Cc1cnn(C[C@H]2CCCN2C(=O)c2cn(-c3ccccc3)nc2C)c1. The van der Waals surface area contributed by atoms with Gasteiger partial charge in [-0.2, -0.15) is 10.2 Å². The summed E-state index contributed by atoms with van der Waals surface area (Å²) in [6, 6.07) is 10.1. The maximum atomic E-state index is 13.2. The monoisotopic (exact) mass is 349 g/mol. The number of carbonyl (C=O) groups excluding carboxylic acids is 1. The van der Waals surface area contributed by atoms with Gasteiger partial charge in [0.2, 0.25) is 0 Å². The molecule has 1 aliphatic heterocycles. The normalized spacial score (nSPS) is 17.0. The number of likely N-dealkylation sites (tertiary alicyclic amines) is 1. The third-order valence-corrected chi connectivity index (χ3v) is 4.95. The Bertz CT molecular complexity index is 911. The van der Waals surface area contributed by atoms with Gasteiger partial charge in [-0.15, -0.1) is 0 Å². The first-order chi connectivity index (χ1) is 12.6. The van der Waals surface area contributed by atoms with Crippen molar-refractivity contribution < 1.29 is 4.79 Å². The van der Waals surface area contributed by atoms with Gasteiger partial charge in [-0.05, 0) is 44.4 Å². The summed E-state index contributed by atoms with van der Waals surface area (Å²) in [4.78, 5) is 15.1. The van der Waals surface area contributed by atoms with E-state index < -0.39 is 0 Å². The molecule has 3 aromatic rings. The van der Waals surface area contributed by atoms with E-state index in [-0.39, 0.29) is 11.9 Å².